The fourth-order valence-electron chi connectivity index (χ4n) is 1.13. The Bertz CT molecular complexity index is 391. The number of nitrogens with zero attached hydrogens (tertiary/aromatic N) is 1. The average molecular weight is 194 g/mol. The Morgan fingerprint density at radius 1 is 1.23 bits per heavy atom. The molecule has 0 aliphatic heterocycles. The summed E-state index contributed by atoms with van der Waals surface area (Å²) in [5.41, 5.74) is 7.61. The zero-order valence-electron chi connectivity index (χ0n) is 6.70. The monoisotopic (exact) mass is 194 g/mol. The molecule has 0 fully saturated rings. The fraction of sp³-hybridized carbons (Fsp3) is 0. The summed E-state index contributed by atoms with van der Waals surface area (Å²) in [6.07, 6.45) is 1.69. The Labute approximate surface area is 79.0 Å². The Balaban J connectivity index is 2.53. The number of nitrogen functional groups attached to an aromatic ring is 1. The van der Waals surface area contributed by atoms with Crippen molar-refractivity contribution in [2.24, 2.45) is 0 Å². The highest BCUT2D eigenvalue weighted by molar-refractivity contribution is 7.03. The van der Waals surface area contributed by atoms with Crippen molar-refractivity contribution in [3.05, 3.63) is 35.6 Å². The van der Waals surface area contributed by atoms with Crippen LogP contribution in [0.1, 0.15) is 0 Å². The van der Waals surface area contributed by atoms with Crippen molar-refractivity contribution < 1.29 is 4.39 Å². The van der Waals surface area contributed by atoms with Crippen molar-refractivity contribution in [3.8, 4) is 11.1 Å². The van der Waals surface area contributed by atoms with Gasteiger partial charge in [0.2, 0.25) is 0 Å². The van der Waals surface area contributed by atoms with Gasteiger partial charge in [-0.25, -0.2) is 8.76 Å². The van der Waals surface area contributed by atoms with E-state index >= 15 is 0 Å². The number of anilines is 1. The second kappa shape index (κ2) is 3.14. The first kappa shape index (κ1) is 8.19. The molecule has 0 saturated heterocycles. The van der Waals surface area contributed by atoms with Crippen LogP contribution in [-0.4, -0.2) is 4.37 Å². The predicted octanol–water partition coefficient (Wildman–Crippen LogP) is 2.53. The number of nitrogens with two attached hydrogens (primary N) is 1. The van der Waals surface area contributed by atoms with Crippen LogP contribution in [0.3, 0.4) is 0 Å². The van der Waals surface area contributed by atoms with E-state index in [0.29, 0.717) is 5.69 Å². The Morgan fingerprint density at radius 3 is 2.69 bits per heavy atom. The largest absolute Gasteiger partial charge is 0.399 e. The maximum atomic E-state index is 12.9. The first-order valence-corrected chi connectivity index (χ1v) is 4.55. The van der Waals surface area contributed by atoms with Gasteiger partial charge in [-0.3, -0.25) is 0 Å². The van der Waals surface area contributed by atoms with Crippen LogP contribution in [0.5, 0.6) is 0 Å². The lowest BCUT2D eigenvalue weighted by Crippen LogP contribution is -1.87. The van der Waals surface area contributed by atoms with Crippen molar-refractivity contribution >= 4 is 17.2 Å². The minimum absolute atomic E-state index is 0.318. The summed E-state index contributed by atoms with van der Waals surface area (Å²) in [6, 6.07) is 4.47. The topological polar surface area (TPSA) is 38.9 Å². The summed E-state index contributed by atoms with van der Waals surface area (Å²) in [5, 5.41) is 1.86. The van der Waals surface area contributed by atoms with Gasteiger partial charge in [-0.15, -0.1) is 0 Å². The van der Waals surface area contributed by atoms with Gasteiger partial charge in [0, 0.05) is 22.8 Å². The SMILES string of the molecule is Nc1cc(F)cc(-c2cnsc2)c1. The molecule has 0 atom stereocenters. The molecule has 2 rings (SSSR count). The van der Waals surface area contributed by atoms with Gasteiger partial charge in [-0.1, -0.05) is 0 Å². The van der Waals surface area contributed by atoms with Crippen molar-refractivity contribution in [2.75, 3.05) is 5.73 Å². The molecular weight excluding hydrogens is 187 g/mol. The maximum absolute atomic E-state index is 12.9. The molecule has 66 valence electrons. The van der Waals surface area contributed by atoms with Gasteiger partial charge in [0.15, 0.2) is 0 Å². The molecule has 0 spiro atoms. The summed E-state index contributed by atoms with van der Waals surface area (Å²) >= 11 is 1.33. The van der Waals surface area contributed by atoms with Crippen molar-refractivity contribution in [1.82, 2.24) is 4.37 Å². The van der Waals surface area contributed by atoms with Gasteiger partial charge >= 0.3 is 0 Å². The first-order valence-electron chi connectivity index (χ1n) is 3.71. The molecule has 0 radical (unpaired) electrons. The van der Waals surface area contributed by atoms with E-state index in [4.69, 9.17) is 5.73 Å². The van der Waals surface area contributed by atoms with Gasteiger partial charge in [-0.05, 0) is 35.3 Å². The van der Waals surface area contributed by atoms with E-state index in [-0.39, 0.29) is 5.82 Å². The van der Waals surface area contributed by atoms with Crippen LogP contribution >= 0.6 is 11.5 Å². The third-order valence-electron chi connectivity index (χ3n) is 1.69. The van der Waals surface area contributed by atoms with Crippen molar-refractivity contribution in [3.63, 3.8) is 0 Å². The molecule has 0 unspecified atom stereocenters. The summed E-state index contributed by atoms with van der Waals surface area (Å²) in [5.74, 6) is -0.318. The molecule has 2 nitrogen and oxygen atoms in total. The molecule has 0 amide bonds. The summed E-state index contributed by atoms with van der Waals surface area (Å²) in [4.78, 5) is 0. The molecule has 1 aromatic heterocycles. The van der Waals surface area contributed by atoms with Gasteiger partial charge in [-0.2, -0.15) is 0 Å². The number of aromatic nitrogens is 1. The molecule has 0 saturated carbocycles. The molecule has 0 aliphatic rings. The van der Waals surface area contributed by atoms with Gasteiger partial charge in [0.05, 0.1) is 0 Å². The van der Waals surface area contributed by atoms with Gasteiger partial charge in [0.25, 0.3) is 0 Å². The number of hydrogen-bond acceptors (Lipinski definition) is 3. The minimum atomic E-state index is -0.318. The van der Waals surface area contributed by atoms with E-state index in [2.05, 4.69) is 4.37 Å². The van der Waals surface area contributed by atoms with E-state index < -0.39 is 0 Å². The van der Waals surface area contributed by atoms with Crippen LogP contribution in [0.25, 0.3) is 11.1 Å². The van der Waals surface area contributed by atoms with E-state index in [9.17, 15) is 4.39 Å². The molecule has 13 heavy (non-hydrogen) atoms. The van der Waals surface area contributed by atoms with Gasteiger partial charge in [0.1, 0.15) is 5.82 Å². The highest BCUT2D eigenvalue weighted by Gasteiger charge is 2.01. The highest BCUT2D eigenvalue weighted by Crippen LogP contribution is 2.23. The van der Waals surface area contributed by atoms with E-state index in [1.807, 2.05) is 5.38 Å². The van der Waals surface area contributed by atoms with Crippen LogP contribution in [-0.2, 0) is 0 Å². The van der Waals surface area contributed by atoms with E-state index in [0.717, 1.165) is 11.1 Å². The van der Waals surface area contributed by atoms with Crippen LogP contribution in [0, 0.1) is 5.82 Å². The maximum Gasteiger partial charge on any atom is 0.125 e. The Hall–Kier alpha value is -1.42. The van der Waals surface area contributed by atoms with Crippen molar-refractivity contribution in [2.45, 2.75) is 0 Å². The van der Waals surface area contributed by atoms with Crippen LogP contribution in [0.2, 0.25) is 0 Å². The number of hydrogen-bond donors (Lipinski definition) is 1. The molecule has 4 heteroatoms. The van der Waals surface area contributed by atoms with Crippen LogP contribution < -0.4 is 5.73 Å². The zero-order valence-corrected chi connectivity index (χ0v) is 7.51. The lowest BCUT2D eigenvalue weighted by atomic mass is 10.1. The lowest BCUT2D eigenvalue weighted by Gasteiger charge is -1.99. The number of rotatable bonds is 1. The molecule has 0 aliphatic carbocycles. The summed E-state index contributed by atoms with van der Waals surface area (Å²) in [6.45, 7) is 0. The Kier molecular flexibility index (Phi) is 1.98. The third kappa shape index (κ3) is 1.67. The molecule has 2 aromatic rings. The number of benzene rings is 1. The first-order chi connectivity index (χ1) is 6.25. The molecule has 2 N–H and O–H groups in total. The smallest absolute Gasteiger partial charge is 0.125 e. The van der Waals surface area contributed by atoms with Crippen molar-refractivity contribution in [1.29, 1.82) is 0 Å². The van der Waals surface area contributed by atoms with Crippen LogP contribution in [0.4, 0.5) is 10.1 Å². The average Bonchev–Trinajstić information content (AvgIpc) is 2.53. The standard InChI is InChI=1S/C9H7FN2S/c10-8-1-6(2-9(11)3-8)7-4-12-13-5-7/h1-5H,11H2. The van der Waals surface area contributed by atoms with Crippen LogP contribution in [0.15, 0.2) is 29.8 Å². The molecule has 1 heterocycles. The zero-order chi connectivity index (χ0) is 9.26. The van der Waals surface area contributed by atoms with E-state index in [1.54, 1.807) is 12.3 Å². The number of halogens is 1. The second-order valence-corrected chi connectivity index (χ2v) is 3.34. The molecule has 1 aromatic carbocycles. The highest BCUT2D eigenvalue weighted by atomic mass is 32.1. The van der Waals surface area contributed by atoms with Gasteiger partial charge < -0.3 is 5.73 Å². The minimum Gasteiger partial charge on any atom is -0.399 e. The summed E-state index contributed by atoms with van der Waals surface area (Å²) < 4.78 is 16.9. The third-order valence-corrected chi connectivity index (χ3v) is 2.27. The molecular formula is C9H7FN2S. The second-order valence-electron chi connectivity index (χ2n) is 2.69. The lowest BCUT2D eigenvalue weighted by molar-refractivity contribution is 0.629. The van der Waals surface area contributed by atoms with E-state index in [1.165, 1.54) is 23.7 Å². The normalized spacial score (nSPS) is 10.2. The molecule has 0 bridgehead atoms. The fourth-order valence-corrected chi connectivity index (χ4v) is 1.67. The Morgan fingerprint density at radius 2 is 2.08 bits per heavy atom. The predicted molar refractivity (Wildman–Crippen MR) is 51.9 cm³/mol. The quantitative estimate of drug-likeness (QED) is 0.708. The summed E-state index contributed by atoms with van der Waals surface area (Å²) in [7, 11) is 0.